The molecule has 0 amide bonds. The lowest BCUT2D eigenvalue weighted by atomic mass is 10.1. The van der Waals surface area contributed by atoms with E-state index in [1.165, 1.54) is 11.1 Å². The van der Waals surface area contributed by atoms with E-state index in [1.54, 1.807) is 0 Å². The van der Waals surface area contributed by atoms with E-state index >= 15 is 0 Å². The SMILES string of the molecule is C#CCOc1c(I)cc(CNc2cccc(C)c2C)cc1OCC. The predicted molar refractivity (Wildman–Crippen MR) is 108 cm³/mol. The zero-order valence-electron chi connectivity index (χ0n) is 14.3. The van der Waals surface area contributed by atoms with Crippen molar-refractivity contribution in [3.8, 4) is 23.8 Å². The van der Waals surface area contributed by atoms with Crippen molar-refractivity contribution >= 4 is 28.3 Å². The Morgan fingerprint density at radius 3 is 2.71 bits per heavy atom. The molecule has 126 valence electrons. The summed E-state index contributed by atoms with van der Waals surface area (Å²) in [6.07, 6.45) is 5.29. The maximum Gasteiger partial charge on any atom is 0.175 e. The number of anilines is 1. The molecule has 0 aromatic heterocycles. The summed E-state index contributed by atoms with van der Waals surface area (Å²) >= 11 is 2.26. The number of hydrogen-bond acceptors (Lipinski definition) is 3. The van der Waals surface area contributed by atoms with Crippen LogP contribution in [0.2, 0.25) is 0 Å². The smallest absolute Gasteiger partial charge is 0.175 e. The Balaban J connectivity index is 2.21. The van der Waals surface area contributed by atoms with Crippen LogP contribution < -0.4 is 14.8 Å². The van der Waals surface area contributed by atoms with E-state index in [-0.39, 0.29) is 6.61 Å². The summed E-state index contributed by atoms with van der Waals surface area (Å²) in [7, 11) is 0. The van der Waals surface area contributed by atoms with Gasteiger partial charge in [0, 0.05) is 12.2 Å². The number of hydrogen-bond donors (Lipinski definition) is 1. The van der Waals surface area contributed by atoms with Gasteiger partial charge >= 0.3 is 0 Å². The second-order valence-corrected chi connectivity index (χ2v) is 6.59. The number of ether oxygens (including phenoxy) is 2. The molecule has 24 heavy (non-hydrogen) atoms. The van der Waals surface area contributed by atoms with E-state index in [2.05, 4.69) is 71.9 Å². The molecular weight excluding hydrogens is 413 g/mol. The maximum absolute atomic E-state index is 5.72. The molecule has 0 spiro atoms. The van der Waals surface area contributed by atoms with Gasteiger partial charge in [0.15, 0.2) is 11.5 Å². The normalized spacial score (nSPS) is 10.1. The highest BCUT2D eigenvalue weighted by Gasteiger charge is 2.12. The largest absolute Gasteiger partial charge is 0.490 e. The monoisotopic (exact) mass is 435 g/mol. The van der Waals surface area contributed by atoms with Crippen LogP contribution in [-0.4, -0.2) is 13.2 Å². The van der Waals surface area contributed by atoms with Gasteiger partial charge in [0.2, 0.25) is 0 Å². The van der Waals surface area contributed by atoms with Crippen LogP contribution in [0.4, 0.5) is 5.69 Å². The fourth-order valence-corrected chi connectivity index (χ4v) is 3.20. The van der Waals surface area contributed by atoms with Gasteiger partial charge in [-0.25, -0.2) is 0 Å². The molecule has 0 saturated carbocycles. The Morgan fingerprint density at radius 1 is 1.21 bits per heavy atom. The van der Waals surface area contributed by atoms with Crippen LogP contribution in [-0.2, 0) is 6.54 Å². The first kappa shape index (κ1) is 18.5. The third kappa shape index (κ3) is 4.57. The molecule has 0 radical (unpaired) electrons. The quantitative estimate of drug-likeness (QED) is 0.494. The average molecular weight is 435 g/mol. The predicted octanol–water partition coefficient (Wildman–Crippen LogP) is 4.93. The van der Waals surface area contributed by atoms with Gasteiger partial charge in [0.25, 0.3) is 0 Å². The first-order chi connectivity index (χ1) is 11.6. The first-order valence-electron chi connectivity index (χ1n) is 7.88. The molecule has 0 aliphatic rings. The third-order valence-electron chi connectivity index (χ3n) is 3.76. The van der Waals surface area contributed by atoms with E-state index in [4.69, 9.17) is 15.9 Å². The molecule has 0 saturated heterocycles. The second-order valence-electron chi connectivity index (χ2n) is 5.43. The average Bonchev–Trinajstić information content (AvgIpc) is 2.56. The Hall–Kier alpha value is -1.87. The molecule has 0 unspecified atom stereocenters. The molecule has 3 nitrogen and oxygen atoms in total. The summed E-state index contributed by atoms with van der Waals surface area (Å²) in [4.78, 5) is 0. The van der Waals surface area contributed by atoms with E-state index in [0.29, 0.717) is 12.4 Å². The molecule has 2 aromatic rings. The summed E-state index contributed by atoms with van der Waals surface area (Å²) in [5, 5.41) is 3.50. The standard InChI is InChI=1S/C20H22INO2/c1-5-10-24-20-17(21)11-16(12-19(20)23-6-2)13-22-18-9-7-8-14(3)15(18)4/h1,7-9,11-12,22H,6,10,13H2,2-4H3. The number of aryl methyl sites for hydroxylation is 1. The topological polar surface area (TPSA) is 30.5 Å². The molecule has 2 aromatic carbocycles. The van der Waals surface area contributed by atoms with Gasteiger partial charge in [0.1, 0.15) is 6.61 Å². The molecule has 1 N–H and O–H groups in total. The lowest BCUT2D eigenvalue weighted by molar-refractivity contribution is 0.297. The van der Waals surface area contributed by atoms with Crippen LogP contribution in [0, 0.1) is 29.8 Å². The summed E-state index contributed by atoms with van der Waals surface area (Å²) in [5.74, 6) is 3.94. The van der Waals surface area contributed by atoms with Gasteiger partial charge in [-0.05, 0) is 78.3 Å². The molecule has 0 aliphatic heterocycles. The summed E-state index contributed by atoms with van der Waals surface area (Å²) in [5.41, 5.74) is 4.83. The van der Waals surface area contributed by atoms with Crippen LogP contribution >= 0.6 is 22.6 Å². The number of rotatable bonds is 7. The summed E-state index contributed by atoms with van der Waals surface area (Å²) in [6, 6.07) is 10.4. The highest BCUT2D eigenvalue weighted by atomic mass is 127. The van der Waals surface area contributed by atoms with Gasteiger partial charge < -0.3 is 14.8 Å². The highest BCUT2D eigenvalue weighted by molar-refractivity contribution is 14.1. The van der Waals surface area contributed by atoms with Crippen LogP contribution in [0.25, 0.3) is 0 Å². The molecule has 0 aliphatic carbocycles. The fraction of sp³-hybridized carbons (Fsp3) is 0.300. The van der Waals surface area contributed by atoms with Crippen molar-refractivity contribution in [2.75, 3.05) is 18.5 Å². The minimum Gasteiger partial charge on any atom is -0.490 e. The van der Waals surface area contributed by atoms with Crippen molar-refractivity contribution in [1.29, 1.82) is 0 Å². The fourth-order valence-electron chi connectivity index (χ4n) is 2.38. The minimum absolute atomic E-state index is 0.232. The van der Waals surface area contributed by atoms with Crippen molar-refractivity contribution in [2.24, 2.45) is 0 Å². The molecule has 0 fully saturated rings. The first-order valence-corrected chi connectivity index (χ1v) is 8.96. The minimum atomic E-state index is 0.232. The van der Waals surface area contributed by atoms with Crippen molar-refractivity contribution in [1.82, 2.24) is 0 Å². The zero-order valence-corrected chi connectivity index (χ0v) is 16.4. The van der Waals surface area contributed by atoms with Crippen LogP contribution in [0.3, 0.4) is 0 Å². The van der Waals surface area contributed by atoms with Crippen molar-refractivity contribution in [3.63, 3.8) is 0 Å². The van der Waals surface area contributed by atoms with E-state index in [0.717, 1.165) is 27.1 Å². The van der Waals surface area contributed by atoms with E-state index in [1.807, 2.05) is 13.0 Å². The van der Waals surface area contributed by atoms with Crippen molar-refractivity contribution < 1.29 is 9.47 Å². The van der Waals surface area contributed by atoms with Gasteiger partial charge in [-0.2, -0.15) is 0 Å². The maximum atomic E-state index is 5.72. The Kier molecular flexibility index (Phi) is 6.80. The Bertz CT molecular complexity index is 750. The van der Waals surface area contributed by atoms with Crippen LogP contribution in [0.15, 0.2) is 30.3 Å². The molecular formula is C20H22INO2. The molecule has 4 heteroatoms. The van der Waals surface area contributed by atoms with E-state index < -0.39 is 0 Å². The van der Waals surface area contributed by atoms with E-state index in [9.17, 15) is 0 Å². The molecule has 2 rings (SSSR count). The van der Waals surface area contributed by atoms with Gasteiger partial charge in [0.05, 0.1) is 10.2 Å². The third-order valence-corrected chi connectivity index (χ3v) is 4.56. The Morgan fingerprint density at radius 2 is 2.00 bits per heavy atom. The van der Waals surface area contributed by atoms with Crippen LogP contribution in [0.5, 0.6) is 11.5 Å². The molecule has 0 atom stereocenters. The molecule has 0 heterocycles. The zero-order chi connectivity index (χ0) is 17.5. The summed E-state index contributed by atoms with van der Waals surface area (Å²) < 4.78 is 12.3. The van der Waals surface area contributed by atoms with Gasteiger partial charge in [-0.15, -0.1) is 6.42 Å². The van der Waals surface area contributed by atoms with Gasteiger partial charge in [-0.3, -0.25) is 0 Å². The molecule has 0 bridgehead atoms. The van der Waals surface area contributed by atoms with Crippen LogP contribution in [0.1, 0.15) is 23.6 Å². The summed E-state index contributed by atoms with van der Waals surface area (Å²) in [6.45, 7) is 7.74. The van der Waals surface area contributed by atoms with Gasteiger partial charge in [-0.1, -0.05) is 18.1 Å². The van der Waals surface area contributed by atoms with Crippen molar-refractivity contribution in [2.45, 2.75) is 27.3 Å². The second kappa shape index (κ2) is 8.84. The number of terminal acetylenes is 1. The van der Waals surface area contributed by atoms with Crippen molar-refractivity contribution in [3.05, 3.63) is 50.6 Å². The highest BCUT2D eigenvalue weighted by Crippen LogP contribution is 2.34. The lowest BCUT2D eigenvalue weighted by Crippen LogP contribution is -2.05. The lowest BCUT2D eigenvalue weighted by Gasteiger charge is -2.16. The Labute approximate surface area is 157 Å². The number of nitrogens with one attached hydrogen (secondary N) is 1. The number of benzene rings is 2. The number of halogens is 1.